The van der Waals surface area contributed by atoms with Crippen LogP contribution in [0.1, 0.15) is 28.0 Å². The predicted octanol–water partition coefficient (Wildman–Crippen LogP) is 1.79. The summed E-state index contributed by atoms with van der Waals surface area (Å²) >= 11 is 0. The summed E-state index contributed by atoms with van der Waals surface area (Å²) in [4.78, 5) is 14.1. The Bertz CT molecular complexity index is 893. The first-order valence-corrected chi connectivity index (χ1v) is 8.86. The Balaban J connectivity index is 1.99. The van der Waals surface area contributed by atoms with Crippen molar-refractivity contribution < 1.29 is 22.0 Å². The van der Waals surface area contributed by atoms with Gasteiger partial charge in [-0.25, -0.2) is 17.2 Å². The number of rotatable bonds is 2. The number of alkyl halides is 2. The lowest BCUT2D eigenvalue weighted by Gasteiger charge is -2.20. The van der Waals surface area contributed by atoms with Crippen LogP contribution in [0.25, 0.3) is 0 Å². The summed E-state index contributed by atoms with van der Waals surface area (Å²) in [6, 6.07) is 6.41. The maximum absolute atomic E-state index is 13.2. The molecular formula is C15H15F2N3O3S. The lowest BCUT2D eigenvalue weighted by Crippen LogP contribution is -2.33. The Morgan fingerprint density at radius 1 is 1.29 bits per heavy atom. The molecule has 6 nitrogen and oxygen atoms in total. The van der Waals surface area contributed by atoms with Crippen molar-refractivity contribution >= 4 is 15.7 Å². The Kier molecular flexibility index (Phi) is 4.12. The average Bonchev–Trinajstić information content (AvgIpc) is 2.86. The summed E-state index contributed by atoms with van der Waals surface area (Å²) in [6.45, 7) is -0.0147. The van der Waals surface area contributed by atoms with Gasteiger partial charge in [0.2, 0.25) is 0 Å². The van der Waals surface area contributed by atoms with Crippen molar-refractivity contribution in [2.45, 2.75) is 17.9 Å². The van der Waals surface area contributed by atoms with Crippen LogP contribution in [-0.4, -0.2) is 41.3 Å². The highest BCUT2D eigenvalue weighted by atomic mass is 32.2. The summed E-state index contributed by atoms with van der Waals surface area (Å²) in [6.07, 6.45) is -1.76. The van der Waals surface area contributed by atoms with Gasteiger partial charge in [-0.05, 0) is 11.6 Å². The molecule has 2 heterocycles. The summed E-state index contributed by atoms with van der Waals surface area (Å²) in [5.74, 6) is -0.898. The zero-order valence-electron chi connectivity index (χ0n) is 12.8. The number of aromatic nitrogens is 2. The number of benzene rings is 1. The lowest BCUT2D eigenvalue weighted by molar-refractivity contribution is 0.0740. The van der Waals surface area contributed by atoms with E-state index in [0.717, 1.165) is 10.9 Å². The van der Waals surface area contributed by atoms with Crippen molar-refractivity contribution in [3.05, 3.63) is 47.3 Å². The fourth-order valence-electron chi connectivity index (χ4n) is 2.78. The first kappa shape index (κ1) is 16.6. The molecule has 1 aliphatic heterocycles. The molecule has 128 valence electrons. The molecule has 0 saturated carbocycles. The number of hydrogen-bond donors (Lipinski definition) is 0. The first-order chi connectivity index (χ1) is 11.3. The topological polar surface area (TPSA) is 72.3 Å². The van der Waals surface area contributed by atoms with Crippen molar-refractivity contribution in [3.8, 4) is 0 Å². The van der Waals surface area contributed by atoms with Crippen LogP contribution in [0, 0.1) is 0 Å². The number of halogens is 2. The number of carbonyl (C=O) groups excluding carboxylic acids is 1. The van der Waals surface area contributed by atoms with E-state index in [9.17, 15) is 22.0 Å². The Morgan fingerprint density at radius 2 is 2.00 bits per heavy atom. The zero-order valence-corrected chi connectivity index (χ0v) is 13.6. The molecule has 1 aliphatic rings. The molecule has 0 radical (unpaired) electrons. The van der Waals surface area contributed by atoms with E-state index < -0.39 is 27.9 Å². The van der Waals surface area contributed by atoms with Crippen LogP contribution in [-0.2, 0) is 23.4 Å². The van der Waals surface area contributed by atoms with Crippen LogP contribution in [0.15, 0.2) is 35.4 Å². The maximum atomic E-state index is 13.2. The molecular weight excluding hydrogens is 340 g/mol. The standard InChI is InChI=1S/C15H15F2N3O3S/c1-19-13(14(16)17)11(8-18-19)15(21)20-6-7-24(22,23)12-5-3-2-4-10(12)9-20/h2-5,8,14H,6-7,9H2,1H3. The predicted molar refractivity (Wildman–Crippen MR) is 81.4 cm³/mol. The molecule has 0 saturated heterocycles. The number of aryl methyl sites for hydroxylation is 1. The van der Waals surface area contributed by atoms with Crippen LogP contribution in [0.4, 0.5) is 8.78 Å². The molecule has 0 fully saturated rings. The van der Waals surface area contributed by atoms with E-state index in [2.05, 4.69) is 5.10 Å². The van der Waals surface area contributed by atoms with E-state index in [-0.39, 0.29) is 29.3 Å². The number of fused-ring (bicyclic) bond motifs is 1. The van der Waals surface area contributed by atoms with Crippen molar-refractivity contribution in [1.82, 2.24) is 14.7 Å². The SMILES string of the molecule is Cn1ncc(C(=O)N2CCS(=O)(=O)c3ccccc3C2)c1C(F)F. The summed E-state index contributed by atoms with van der Waals surface area (Å²) in [5, 5.41) is 3.72. The van der Waals surface area contributed by atoms with Gasteiger partial charge in [-0.15, -0.1) is 0 Å². The molecule has 0 bridgehead atoms. The van der Waals surface area contributed by atoms with Gasteiger partial charge in [0.15, 0.2) is 9.84 Å². The third kappa shape index (κ3) is 2.79. The second kappa shape index (κ2) is 5.97. The molecule has 0 unspecified atom stereocenters. The van der Waals surface area contributed by atoms with Crippen LogP contribution in [0.5, 0.6) is 0 Å². The van der Waals surface area contributed by atoms with Gasteiger partial charge < -0.3 is 4.90 Å². The highest BCUT2D eigenvalue weighted by Gasteiger charge is 2.31. The largest absolute Gasteiger partial charge is 0.333 e. The van der Waals surface area contributed by atoms with Crippen LogP contribution < -0.4 is 0 Å². The van der Waals surface area contributed by atoms with Gasteiger partial charge in [-0.2, -0.15) is 5.10 Å². The lowest BCUT2D eigenvalue weighted by atomic mass is 10.1. The second-order valence-corrected chi connectivity index (χ2v) is 7.60. The van der Waals surface area contributed by atoms with E-state index in [1.807, 2.05) is 0 Å². The van der Waals surface area contributed by atoms with E-state index in [0.29, 0.717) is 5.56 Å². The highest BCUT2D eigenvalue weighted by Crippen LogP contribution is 2.27. The Labute approximate surface area is 137 Å². The van der Waals surface area contributed by atoms with E-state index >= 15 is 0 Å². The van der Waals surface area contributed by atoms with Crippen molar-refractivity contribution in [2.75, 3.05) is 12.3 Å². The van der Waals surface area contributed by atoms with Gasteiger partial charge in [-0.1, -0.05) is 18.2 Å². The summed E-state index contributed by atoms with van der Waals surface area (Å²) in [7, 11) is -2.18. The van der Waals surface area contributed by atoms with Gasteiger partial charge in [0.1, 0.15) is 5.69 Å². The van der Waals surface area contributed by atoms with Crippen molar-refractivity contribution in [3.63, 3.8) is 0 Å². The minimum absolute atomic E-state index is 0.0474. The zero-order chi connectivity index (χ0) is 17.5. The van der Waals surface area contributed by atoms with Gasteiger partial charge >= 0.3 is 0 Å². The monoisotopic (exact) mass is 355 g/mol. The second-order valence-electron chi connectivity index (χ2n) is 5.52. The average molecular weight is 355 g/mol. The molecule has 0 N–H and O–H groups in total. The fourth-order valence-corrected chi connectivity index (χ4v) is 4.28. The summed E-state index contributed by atoms with van der Waals surface area (Å²) < 4.78 is 51.9. The number of nitrogens with zero attached hydrogens (tertiary/aromatic N) is 3. The maximum Gasteiger partial charge on any atom is 0.280 e. The van der Waals surface area contributed by atoms with Gasteiger partial charge in [0.05, 0.1) is 22.4 Å². The molecule has 0 atom stereocenters. The molecule has 1 aromatic carbocycles. The van der Waals surface area contributed by atoms with E-state index in [1.165, 1.54) is 18.0 Å². The number of hydrogen-bond acceptors (Lipinski definition) is 4. The van der Waals surface area contributed by atoms with Gasteiger partial charge in [0.25, 0.3) is 12.3 Å². The van der Waals surface area contributed by atoms with E-state index in [1.54, 1.807) is 18.2 Å². The molecule has 0 spiro atoms. The molecule has 2 aromatic rings. The normalized spacial score (nSPS) is 16.8. The molecule has 0 aliphatic carbocycles. The molecule has 9 heteroatoms. The molecule has 24 heavy (non-hydrogen) atoms. The Hall–Kier alpha value is -2.29. The highest BCUT2D eigenvalue weighted by molar-refractivity contribution is 7.91. The number of carbonyl (C=O) groups is 1. The number of amides is 1. The fraction of sp³-hybridized carbons (Fsp3) is 0.333. The minimum Gasteiger partial charge on any atom is -0.333 e. The van der Waals surface area contributed by atoms with Crippen molar-refractivity contribution in [1.29, 1.82) is 0 Å². The first-order valence-electron chi connectivity index (χ1n) is 7.21. The van der Waals surface area contributed by atoms with Gasteiger partial charge in [0, 0.05) is 20.1 Å². The molecule has 1 amide bonds. The number of sulfone groups is 1. The van der Waals surface area contributed by atoms with Crippen LogP contribution in [0.2, 0.25) is 0 Å². The Morgan fingerprint density at radius 3 is 2.71 bits per heavy atom. The molecule has 3 rings (SSSR count). The summed E-state index contributed by atoms with van der Waals surface area (Å²) in [5.41, 5.74) is -0.199. The van der Waals surface area contributed by atoms with Crippen LogP contribution >= 0.6 is 0 Å². The van der Waals surface area contributed by atoms with Crippen LogP contribution in [0.3, 0.4) is 0 Å². The van der Waals surface area contributed by atoms with E-state index in [4.69, 9.17) is 0 Å². The molecule has 1 aromatic heterocycles. The quantitative estimate of drug-likeness (QED) is 0.823. The third-order valence-corrected chi connectivity index (χ3v) is 5.80. The smallest absolute Gasteiger partial charge is 0.280 e. The third-order valence-electron chi connectivity index (χ3n) is 4.01. The minimum atomic E-state index is -3.51. The van der Waals surface area contributed by atoms with Gasteiger partial charge in [-0.3, -0.25) is 9.48 Å². The van der Waals surface area contributed by atoms with Crippen molar-refractivity contribution in [2.24, 2.45) is 7.05 Å².